The SMILES string of the molecule is ONc1ccccc1[C]12[CH]3[CH]4[CH]5[CH]1[Fe]45321678[CH]2[CH]1[CH]6[CH]7[CH]28. The Morgan fingerprint density at radius 1 is 0.895 bits per heavy atom. The van der Waals surface area contributed by atoms with Gasteiger partial charge in [-0.15, -0.1) is 0 Å². The average Bonchev–Trinajstić information content (AvgIpc) is 3.39. The molecule has 1 spiro atoms. The van der Waals surface area contributed by atoms with Crippen molar-refractivity contribution in [3.8, 4) is 0 Å². The maximum atomic E-state index is 9.58. The maximum absolute atomic E-state index is 9.58. The fraction of sp³-hybridized carbons (Fsp3) is 0.625. The Morgan fingerprint density at radius 3 is 1.89 bits per heavy atom. The van der Waals surface area contributed by atoms with Crippen molar-refractivity contribution in [3.63, 3.8) is 0 Å². The van der Waals surface area contributed by atoms with Crippen LogP contribution >= 0.6 is 0 Å². The van der Waals surface area contributed by atoms with Crippen molar-refractivity contribution in [2.75, 3.05) is 5.48 Å². The van der Waals surface area contributed by atoms with Crippen molar-refractivity contribution >= 4 is 5.69 Å². The zero-order valence-corrected chi connectivity index (χ0v) is 11.4. The van der Waals surface area contributed by atoms with Crippen LogP contribution in [0.2, 0.25) is 43.3 Å². The van der Waals surface area contributed by atoms with Gasteiger partial charge in [0.15, 0.2) is 0 Å². The summed E-state index contributed by atoms with van der Waals surface area (Å²) < 4.78 is 0.755. The second-order valence-electron chi connectivity index (χ2n) is 11.3. The van der Waals surface area contributed by atoms with Crippen LogP contribution in [-0.2, 0) is 10.8 Å². The van der Waals surface area contributed by atoms with E-state index in [-0.39, 0.29) is 0 Å². The molecule has 0 saturated carbocycles. The number of anilines is 1. The van der Waals surface area contributed by atoms with E-state index in [9.17, 15) is 5.21 Å². The van der Waals surface area contributed by atoms with E-state index in [2.05, 4.69) is 29.7 Å². The van der Waals surface area contributed by atoms with Crippen LogP contribution in [0.3, 0.4) is 0 Å². The first kappa shape index (κ1) is 6.97. The van der Waals surface area contributed by atoms with Gasteiger partial charge in [-0.05, 0) is 0 Å². The molecule has 10 saturated heterocycles. The summed E-state index contributed by atoms with van der Waals surface area (Å²) in [6.45, 7) is -3.04. The van der Waals surface area contributed by atoms with Crippen molar-refractivity contribution in [2.45, 2.75) is 47.7 Å². The van der Waals surface area contributed by atoms with Crippen LogP contribution in [0.1, 0.15) is 5.56 Å². The minimum atomic E-state index is -3.04. The van der Waals surface area contributed by atoms with Crippen molar-refractivity contribution < 1.29 is 11.7 Å². The van der Waals surface area contributed by atoms with Gasteiger partial charge < -0.3 is 0 Å². The predicted octanol–water partition coefficient (Wildman–Crippen LogP) is 4.28. The Balaban J connectivity index is 1.53. The third-order valence-corrected chi connectivity index (χ3v) is 58.5. The van der Waals surface area contributed by atoms with Gasteiger partial charge in [0, 0.05) is 0 Å². The zero-order valence-electron chi connectivity index (χ0n) is 10.3. The molecule has 4 unspecified atom stereocenters. The van der Waals surface area contributed by atoms with Gasteiger partial charge in [0.2, 0.25) is 0 Å². The quantitative estimate of drug-likeness (QED) is 0.630. The summed E-state index contributed by atoms with van der Waals surface area (Å²) in [6, 6.07) is 8.80. The van der Waals surface area contributed by atoms with Crippen molar-refractivity contribution in [1.29, 1.82) is 0 Å². The fourth-order valence-corrected chi connectivity index (χ4v) is 92.0. The first-order chi connectivity index (χ1) is 9.10. The van der Waals surface area contributed by atoms with Crippen molar-refractivity contribution in [2.24, 2.45) is 0 Å². The molecule has 1 aromatic carbocycles. The summed E-state index contributed by atoms with van der Waals surface area (Å²) >= 11 is 0. The van der Waals surface area contributed by atoms with Crippen molar-refractivity contribution in [3.05, 3.63) is 29.8 Å². The number of fused-ring (bicyclic) bond motifs is 10. The number of rotatable bonds is 2. The molecule has 10 fully saturated rings. The molecule has 2 N–H and O–H groups in total. The molecule has 4 atom stereocenters. The topological polar surface area (TPSA) is 32.3 Å². The monoisotopic (exact) mass is 293 g/mol. The molecule has 10 aliphatic rings. The van der Waals surface area contributed by atoms with Crippen LogP contribution in [0.4, 0.5) is 5.69 Å². The van der Waals surface area contributed by atoms with Crippen LogP contribution in [0.5, 0.6) is 0 Å². The van der Waals surface area contributed by atoms with Gasteiger partial charge in [0.1, 0.15) is 0 Å². The number of nitrogens with one attached hydrogen (secondary N) is 1. The summed E-state index contributed by atoms with van der Waals surface area (Å²) in [5.41, 5.74) is 5.22. The molecule has 0 aromatic heterocycles. The van der Waals surface area contributed by atoms with Gasteiger partial charge in [-0.2, -0.15) is 0 Å². The summed E-state index contributed by atoms with van der Waals surface area (Å²) in [5.74, 6) is 0. The molecule has 10 aliphatic heterocycles. The van der Waals surface area contributed by atoms with E-state index in [1.54, 1.807) is 5.56 Å². The van der Waals surface area contributed by atoms with E-state index >= 15 is 0 Å². The second kappa shape index (κ2) is 0.608. The van der Waals surface area contributed by atoms with E-state index in [0.717, 1.165) is 10.0 Å². The van der Waals surface area contributed by atoms with Crippen LogP contribution in [0, 0.1) is 0 Å². The van der Waals surface area contributed by atoms with Gasteiger partial charge in [-0.25, -0.2) is 0 Å². The van der Waals surface area contributed by atoms with E-state index in [1.807, 2.05) is 0 Å². The molecular formula is C16H15FeNO. The Kier molecular flexibility index (Phi) is 0.223. The molecule has 10 heterocycles. The van der Waals surface area contributed by atoms with Crippen LogP contribution in [0.25, 0.3) is 0 Å². The second-order valence-corrected chi connectivity index (χ2v) is 34.9. The van der Waals surface area contributed by atoms with Crippen LogP contribution in [0.15, 0.2) is 24.3 Å². The summed E-state index contributed by atoms with van der Waals surface area (Å²) in [5, 5.41) is 9.58. The van der Waals surface area contributed by atoms with Crippen LogP contribution < -0.4 is 5.48 Å². The first-order valence-electron chi connectivity index (χ1n) is 7.81. The predicted molar refractivity (Wildman–Crippen MR) is 67.3 cm³/mol. The number of para-hydroxylation sites is 1. The van der Waals surface area contributed by atoms with Gasteiger partial charge in [-0.1, -0.05) is 0 Å². The molecule has 0 radical (unpaired) electrons. The van der Waals surface area contributed by atoms with E-state index in [4.69, 9.17) is 0 Å². The molecule has 98 valence electrons. The summed E-state index contributed by atoms with van der Waals surface area (Å²) in [7, 11) is 0. The van der Waals surface area contributed by atoms with Crippen LogP contribution in [-0.4, -0.2) is 5.21 Å². The number of benzene rings is 1. The van der Waals surface area contributed by atoms with E-state index in [0.29, 0.717) is 0 Å². The molecule has 0 bridgehead atoms. The zero-order chi connectivity index (χ0) is 11.7. The molecule has 0 aliphatic carbocycles. The fourth-order valence-electron chi connectivity index (χ4n) is 17.8. The Morgan fingerprint density at radius 2 is 1.47 bits per heavy atom. The molecule has 2 nitrogen and oxygen atoms in total. The average molecular weight is 293 g/mol. The normalized spacial score (nSPS) is 108. The molecule has 1 aromatic rings. The third-order valence-electron chi connectivity index (χ3n) is 16.1. The molecule has 3 heteroatoms. The van der Waals surface area contributed by atoms with Crippen molar-refractivity contribution in [1.82, 2.24) is 0 Å². The Labute approximate surface area is 100 Å². The minimum absolute atomic E-state index is 0.755. The molecule has 19 heavy (non-hydrogen) atoms. The van der Waals surface area contributed by atoms with Gasteiger partial charge in [0.05, 0.1) is 0 Å². The first-order valence-corrected chi connectivity index (χ1v) is 14.1. The number of hydrogen-bond acceptors (Lipinski definition) is 2. The van der Waals surface area contributed by atoms with Gasteiger partial charge in [-0.3, -0.25) is 0 Å². The molecule has 0 amide bonds. The van der Waals surface area contributed by atoms with E-state index in [1.165, 1.54) is 43.3 Å². The van der Waals surface area contributed by atoms with E-state index < -0.39 is 6.51 Å². The molecular weight excluding hydrogens is 278 g/mol. The molecule has 11 rings (SSSR count). The van der Waals surface area contributed by atoms with Gasteiger partial charge in [0.25, 0.3) is 0 Å². The number of hydrogen-bond donors (Lipinski definition) is 2. The standard InChI is InChI=1S/C11H10NO.C5H5.Fe/c13-12-11-8-4-3-7-10(11)9-5-1-2-6-9;1-2-4-5-3-1;/h1-8,12-13H;1-5H;. The van der Waals surface area contributed by atoms with Gasteiger partial charge >= 0.3 is 100 Å². The third kappa shape index (κ3) is 0.0784. The summed E-state index contributed by atoms with van der Waals surface area (Å²) in [6.07, 6.45) is 0. The summed E-state index contributed by atoms with van der Waals surface area (Å²) in [4.78, 5) is 12.1. The Hall–Kier alpha value is -0.501. The Bertz CT molecular complexity index is 1110.